The number of ketones is 2. The van der Waals surface area contributed by atoms with Crippen LogP contribution >= 0.6 is 0 Å². The van der Waals surface area contributed by atoms with E-state index in [0.717, 1.165) is 36.8 Å². The number of benzene rings is 3. The lowest BCUT2D eigenvalue weighted by atomic mass is 9.76. The number of carbonyl (C=O) groups is 6. The molecule has 2 heterocycles. The quantitative estimate of drug-likeness (QED) is 0.155. The van der Waals surface area contributed by atoms with Gasteiger partial charge < -0.3 is 29.9 Å². The van der Waals surface area contributed by atoms with Gasteiger partial charge in [-0.15, -0.1) is 0 Å². The number of amides is 4. The third-order valence-electron chi connectivity index (χ3n) is 14.0. The predicted octanol–water partition coefficient (Wildman–Crippen LogP) is 8.40. The van der Waals surface area contributed by atoms with Gasteiger partial charge in [0.2, 0.25) is 11.8 Å². The Morgan fingerprint density at radius 2 is 0.938 bits per heavy atom. The Morgan fingerprint density at radius 3 is 1.28 bits per heavy atom. The molecule has 3 aliphatic rings. The van der Waals surface area contributed by atoms with Crippen molar-refractivity contribution in [1.29, 1.82) is 0 Å². The highest BCUT2D eigenvalue weighted by Crippen LogP contribution is 2.54. The monoisotopic (exact) mass is 891 g/mol. The largest absolute Gasteiger partial charge is 0.453 e. The summed E-state index contributed by atoms with van der Waals surface area (Å²) in [5, 5.41) is 5.32. The number of methoxy groups -OCH3 is 2. The molecule has 0 aromatic heterocycles. The second kappa shape index (κ2) is 21.2. The molecule has 2 N–H and O–H groups in total. The lowest BCUT2D eigenvalue weighted by Gasteiger charge is -2.30. The van der Waals surface area contributed by atoms with E-state index in [-0.39, 0.29) is 71.2 Å². The van der Waals surface area contributed by atoms with Crippen LogP contribution in [0.15, 0.2) is 72.8 Å². The molecular formula is C53H70N4O8. The number of rotatable bonds is 15. The number of Topliss-reactive ketones (excluding diaryl/α,β-unsaturated/α-hetero) is 2. The van der Waals surface area contributed by atoms with E-state index in [2.05, 4.69) is 104 Å². The van der Waals surface area contributed by atoms with Crippen LogP contribution in [0, 0.1) is 11.8 Å². The van der Waals surface area contributed by atoms with Crippen LogP contribution in [0.25, 0.3) is 0 Å². The molecule has 0 bridgehead atoms. The Bertz CT molecular complexity index is 2040. The van der Waals surface area contributed by atoms with Gasteiger partial charge in [0.1, 0.15) is 12.1 Å². The van der Waals surface area contributed by atoms with Gasteiger partial charge in [-0.25, -0.2) is 9.59 Å². The van der Waals surface area contributed by atoms with Crippen LogP contribution in [0.5, 0.6) is 0 Å². The molecule has 3 aromatic rings. The van der Waals surface area contributed by atoms with Crippen LogP contribution in [0.1, 0.15) is 138 Å². The summed E-state index contributed by atoms with van der Waals surface area (Å²) in [7, 11) is 2.53. The van der Waals surface area contributed by atoms with Crippen molar-refractivity contribution in [3.05, 3.63) is 106 Å². The molecule has 350 valence electrons. The van der Waals surface area contributed by atoms with Gasteiger partial charge in [-0.2, -0.15) is 0 Å². The summed E-state index contributed by atoms with van der Waals surface area (Å²) in [6, 6.07) is 23.3. The smallest absolute Gasteiger partial charge is 0.407 e. The van der Waals surface area contributed by atoms with Gasteiger partial charge in [0.15, 0.2) is 11.6 Å². The molecule has 2 saturated heterocycles. The van der Waals surface area contributed by atoms with Crippen LogP contribution in [0.3, 0.4) is 0 Å². The molecule has 0 spiro atoms. The predicted molar refractivity (Wildman–Crippen MR) is 251 cm³/mol. The number of hydrogen-bond acceptors (Lipinski definition) is 8. The first-order valence-corrected chi connectivity index (χ1v) is 23.5. The highest BCUT2D eigenvalue weighted by molar-refractivity contribution is 5.94. The second-order valence-electron chi connectivity index (χ2n) is 20.1. The minimum atomic E-state index is -0.778. The van der Waals surface area contributed by atoms with Crippen molar-refractivity contribution in [3.63, 3.8) is 0 Å². The minimum Gasteiger partial charge on any atom is -0.453 e. The van der Waals surface area contributed by atoms with Crippen LogP contribution in [-0.4, -0.2) is 96.8 Å². The van der Waals surface area contributed by atoms with Gasteiger partial charge in [-0.1, -0.05) is 121 Å². The fraction of sp³-hybridized carbons (Fsp3) is 0.547. The van der Waals surface area contributed by atoms with Crippen LogP contribution in [0.4, 0.5) is 9.59 Å². The van der Waals surface area contributed by atoms with E-state index in [0.29, 0.717) is 25.9 Å². The van der Waals surface area contributed by atoms with E-state index < -0.39 is 36.4 Å². The van der Waals surface area contributed by atoms with Gasteiger partial charge in [0, 0.05) is 25.9 Å². The number of carbonyl (C=O) groups excluding carboxylic acids is 6. The zero-order valence-electron chi connectivity index (χ0n) is 39.9. The maximum absolute atomic E-state index is 13.8. The van der Waals surface area contributed by atoms with Crippen molar-refractivity contribution in [2.75, 3.05) is 27.3 Å². The standard InChI is InChI=1S/C53H70N4O8/c1-32(2)47(54-51(62)64-8)49(60)56-28-10-12-42(56)44(58)30-34-14-18-36(19-15-34)40-26-27-41(46(40)38-22-24-39(25-23-38)53(5,6)7)37-20-16-35(17-21-37)31-45(59)43-13-11-29-57(43)50(61)48(33(3)4)55-52(63)65-9/h14-25,32-33,40-43,46-48H,10-13,26-31H2,1-9H3,(H,54,62)(H,55,63)/t40?,41?,42-,43-,46?,47-,48-/m0/s1. The first-order valence-electron chi connectivity index (χ1n) is 23.5. The number of alkyl carbamates (subject to hydrolysis) is 2. The molecule has 6 atom stereocenters. The summed E-state index contributed by atoms with van der Waals surface area (Å²) in [6.07, 6.45) is 3.70. The first-order chi connectivity index (χ1) is 30.9. The highest BCUT2D eigenvalue weighted by Gasteiger charge is 2.42. The lowest BCUT2D eigenvalue weighted by Crippen LogP contribution is -2.53. The molecule has 1 saturated carbocycles. The molecule has 12 heteroatoms. The van der Waals surface area contributed by atoms with Gasteiger partial charge in [-0.3, -0.25) is 19.2 Å². The van der Waals surface area contributed by atoms with Crippen molar-refractivity contribution in [2.45, 2.75) is 147 Å². The Labute approximate surface area is 385 Å². The first kappa shape index (κ1) is 48.9. The number of ether oxygens (including phenoxy) is 2. The van der Waals surface area contributed by atoms with Gasteiger partial charge in [-0.05, 0) is 107 Å². The van der Waals surface area contributed by atoms with E-state index in [1.165, 1.54) is 36.5 Å². The average Bonchev–Trinajstić information content (AvgIpc) is 4.08. The molecule has 12 nitrogen and oxygen atoms in total. The Kier molecular flexibility index (Phi) is 16.0. The molecule has 6 rings (SSSR count). The highest BCUT2D eigenvalue weighted by atomic mass is 16.5. The van der Waals surface area contributed by atoms with Crippen molar-refractivity contribution in [1.82, 2.24) is 20.4 Å². The van der Waals surface area contributed by atoms with Crippen molar-refractivity contribution >= 4 is 35.6 Å². The SMILES string of the molecule is COC(=O)N[C@H](C(=O)N1CCC[C@H]1C(=O)Cc1ccc(C2CCC(c3ccc(CC(=O)[C@@H]4CCCN4C(=O)[C@@H](NC(=O)OC)C(C)C)cc3)C2c2ccc(C(C)(C)C)cc2)cc1)C(C)C. The summed E-state index contributed by atoms with van der Waals surface area (Å²) in [5.41, 5.74) is 6.83. The van der Waals surface area contributed by atoms with E-state index in [1.807, 2.05) is 27.7 Å². The molecule has 2 aliphatic heterocycles. The number of hydrogen-bond donors (Lipinski definition) is 2. The van der Waals surface area contributed by atoms with Gasteiger partial charge >= 0.3 is 12.2 Å². The zero-order valence-corrected chi connectivity index (χ0v) is 39.9. The van der Waals surface area contributed by atoms with Crippen LogP contribution in [-0.2, 0) is 46.9 Å². The summed E-state index contributed by atoms with van der Waals surface area (Å²) in [5.74, 6) is -0.206. The summed E-state index contributed by atoms with van der Waals surface area (Å²) < 4.78 is 9.52. The van der Waals surface area contributed by atoms with E-state index in [9.17, 15) is 28.8 Å². The number of likely N-dealkylation sites (tertiary alicyclic amines) is 2. The Balaban J connectivity index is 1.17. The van der Waals surface area contributed by atoms with Gasteiger partial charge in [0.25, 0.3) is 0 Å². The molecule has 3 fully saturated rings. The molecule has 3 aromatic carbocycles. The summed E-state index contributed by atoms with van der Waals surface area (Å²) >= 11 is 0. The second-order valence-corrected chi connectivity index (χ2v) is 20.1. The van der Waals surface area contributed by atoms with E-state index in [1.54, 1.807) is 9.80 Å². The lowest BCUT2D eigenvalue weighted by molar-refractivity contribution is -0.140. The molecule has 0 radical (unpaired) electrons. The van der Waals surface area contributed by atoms with Crippen LogP contribution < -0.4 is 10.6 Å². The summed E-state index contributed by atoms with van der Waals surface area (Å²) in [6.45, 7) is 15.1. The maximum atomic E-state index is 13.8. The third kappa shape index (κ3) is 11.5. The average molecular weight is 891 g/mol. The summed E-state index contributed by atoms with van der Waals surface area (Å²) in [4.78, 5) is 82.2. The Morgan fingerprint density at radius 1 is 0.569 bits per heavy atom. The topological polar surface area (TPSA) is 151 Å². The van der Waals surface area contributed by atoms with Crippen molar-refractivity contribution in [3.8, 4) is 0 Å². The minimum absolute atomic E-state index is 0.00572. The van der Waals surface area contributed by atoms with Crippen LogP contribution in [0.2, 0.25) is 0 Å². The number of nitrogens with one attached hydrogen (secondary N) is 2. The molecule has 2 unspecified atom stereocenters. The Hall–Kier alpha value is -5.52. The maximum Gasteiger partial charge on any atom is 0.407 e. The molecule has 4 amide bonds. The molecule has 1 aliphatic carbocycles. The zero-order chi connectivity index (χ0) is 47.2. The molecular weight excluding hydrogens is 821 g/mol. The van der Waals surface area contributed by atoms with E-state index in [4.69, 9.17) is 9.47 Å². The fourth-order valence-electron chi connectivity index (χ4n) is 10.3. The third-order valence-corrected chi connectivity index (χ3v) is 14.0. The van der Waals surface area contributed by atoms with Crippen molar-refractivity contribution < 1.29 is 38.2 Å². The number of nitrogens with zero attached hydrogens (tertiary/aromatic N) is 2. The van der Waals surface area contributed by atoms with Crippen molar-refractivity contribution in [2.24, 2.45) is 11.8 Å². The molecule has 65 heavy (non-hydrogen) atoms. The normalized spacial score (nSPS) is 21.9. The fourth-order valence-corrected chi connectivity index (χ4v) is 10.3. The van der Waals surface area contributed by atoms with Gasteiger partial charge in [0.05, 0.1) is 26.3 Å². The van der Waals surface area contributed by atoms with E-state index >= 15 is 0 Å².